The smallest absolute Gasteiger partial charge is 0.330 e. The van der Waals surface area contributed by atoms with Crippen LogP contribution < -0.4 is 4.72 Å². The number of hydrogen-bond acceptors (Lipinski definition) is 4. The van der Waals surface area contributed by atoms with Crippen LogP contribution in [0.1, 0.15) is 22.3 Å². The summed E-state index contributed by atoms with van der Waals surface area (Å²) in [5.41, 5.74) is 3.23. The third-order valence-electron chi connectivity index (χ3n) is 4.01. The first kappa shape index (κ1) is 22.1. The van der Waals surface area contributed by atoms with E-state index in [4.69, 9.17) is 16.3 Å². The van der Waals surface area contributed by atoms with Crippen molar-refractivity contribution in [2.24, 2.45) is 0 Å². The van der Waals surface area contributed by atoms with Gasteiger partial charge >= 0.3 is 5.97 Å². The monoisotopic (exact) mass is 421 g/mol. The van der Waals surface area contributed by atoms with Crippen molar-refractivity contribution in [2.75, 3.05) is 6.54 Å². The Morgan fingerprint density at radius 2 is 1.75 bits per heavy atom. The number of alkyl halides is 1. The Morgan fingerprint density at radius 3 is 2.36 bits per heavy atom. The van der Waals surface area contributed by atoms with Crippen molar-refractivity contribution in [1.82, 2.24) is 4.72 Å². The molecule has 0 aliphatic rings. The maximum Gasteiger partial charge on any atom is 0.330 e. The Bertz CT molecular complexity index is 933. The van der Waals surface area contributed by atoms with Gasteiger partial charge in [-0.1, -0.05) is 54.1 Å². The zero-order chi connectivity index (χ0) is 20.7. The summed E-state index contributed by atoms with van der Waals surface area (Å²) in [7, 11) is -3.70. The van der Waals surface area contributed by atoms with Gasteiger partial charge in [0.25, 0.3) is 0 Å². The first-order chi connectivity index (χ1) is 13.2. The molecule has 0 aromatic heterocycles. The van der Waals surface area contributed by atoms with Crippen molar-refractivity contribution in [2.45, 2.75) is 37.7 Å². The highest BCUT2D eigenvalue weighted by molar-refractivity contribution is 7.89. The van der Waals surface area contributed by atoms with E-state index in [1.54, 1.807) is 13.8 Å². The molecule has 0 saturated carbocycles. The van der Waals surface area contributed by atoms with Crippen LogP contribution in [0.5, 0.6) is 0 Å². The minimum Gasteiger partial charge on any atom is -0.458 e. The molecule has 1 atom stereocenters. The van der Waals surface area contributed by atoms with Gasteiger partial charge in [-0.3, -0.25) is 0 Å². The highest BCUT2D eigenvalue weighted by Gasteiger charge is 2.20. The third-order valence-corrected chi connectivity index (χ3v) is 6.03. The van der Waals surface area contributed by atoms with Crippen LogP contribution in [-0.2, 0) is 26.2 Å². The normalized spacial score (nSPS) is 12.9. The maximum atomic E-state index is 12.6. The molecule has 7 heteroatoms. The molecule has 28 heavy (non-hydrogen) atoms. The molecule has 1 N–H and O–H groups in total. The van der Waals surface area contributed by atoms with E-state index in [-0.39, 0.29) is 18.0 Å². The second-order valence-electron chi connectivity index (χ2n) is 6.55. The molecule has 0 aliphatic heterocycles. The zero-order valence-corrected chi connectivity index (χ0v) is 17.7. The fraction of sp³-hybridized carbons (Fsp3) is 0.286. The Labute approximate surface area is 171 Å². The van der Waals surface area contributed by atoms with Crippen LogP contribution in [0.3, 0.4) is 0 Å². The van der Waals surface area contributed by atoms with Crippen molar-refractivity contribution >= 4 is 27.6 Å². The summed E-state index contributed by atoms with van der Waals surface area (Å²) in [4.78, 5) is 12.0. The van der Waals surface area contributed by atoms with Gasteiger partial charge in [0.15, 0.2) is 0 Å². The predicted octanol–water partition coefficient (Wildman–Crippen LogP) is 3.80. The van der Waals surface area contributed by atoms with E-state index in [2.05, 4.69) is 4.72 Å². The van der Waals surface area contributed by atoms with Gasteiger partial charge in [-0.15, -0.1) is 11.6 Å². The number of carbonyl (C=O) groups is 1. The van der Waals surface area contributed by atoms with Crippen molar-refractivity contribution in [3.63, 3.8) is 0 Å². The van der Waals surface area contributed by atoms with Crippen LogP contribution in [0.25, 0.3) is 0 Å². The SMILES string of the molecule is Cc1cc(C)c(S(=O)(=O)NC[C@H](Cl)/C=C/C(=O)OCc2ccccc2)c(C)c1. The van der Waals surface area contributed by atoms with Crippen LogP contribution in [0.4, 0.5) is 0 Å². The topological polar surface area (TPSA) is 72.5 Å². The number of hydrogen-bond donors (Lipinski definition) is 1. The third kappa shape index (κ3) is 6.48. The summed E-state index contributed by atoms with van der Waals surface area (Å²) in [6.07, 6.45) is 2.61. The first-order valence-corrected chi connectivity index (χ1v) is 10.7. The van der Waals surface area contributed by atoms with Gasteiger partial charge in [-0.05, 0) is 37.5 Å². The molecule has 2 aromatic rings. The van der Waals surface area contributed by atoms with Crippen LogP contribution in [0, 0.1) is 20.8 Å². The Morgan fingerprint density at radius 1 is 1.14 bits per heavy atom. The van der Waals surface area contributed by atoms with Gasteiger partial charge in [0.05, 0.1) is 10.3 Å². The minimum absolute atomic E-state index is 0.0425. The van der Waals surface area contributed by atoms with Crippen molar-refractivity contribution in [1.29, 1.82) is 0 Å². The number of nitrogens with one attached hydrogen (secondary N) is 1. The maximum absolute atomic E-state index is 12.6. The molecule has 0 unspecified atom stereocenters. The number of ether oxygens (including phenoxy) is 1. The summed E-state index contributed by atoms with van der Waals surface area (Å²) < 4.78 is 32.8. The highest BCUT2D eigenvalue weighted by Crippen LogP contribution is 2.21. The number of rotatable bonds is 8. The van der Waals surface area contributed by atoms with Gasteiger partial charge in [0.1, 0.15) is 6.61 Å². The molecule has 0 radical (unpaired) electrons. The van der Waals surface area contributed by atoms with E-state index in [0.29, 0.717) is 11.1 Å². The molecule has 0 saturated heterocycles. The molecular formula is C21H24ClNO4S. The largest absolute Gasteiger partial charge is 0.458 e. The standard InChI is InChI=1S/C21H24ClNO4S/c1-15-11-16(2)21(17(3)12-15)28(25,26)23-13-19(22)9-10-20(24)27-14-18-7-5-4-6-8-18/h4-12,19,23H,13-14H2,1-3H3/b10-9+/t19-/m1/s1. The molecule has 5 nitrogen and oxygen atoms in total. The van der Waals surface area contributed by atoms with Gasteiger partial charge in [-0.25, -0.2) is 17.9 Å². The number of carbonyl (C=O) groups excluding carboxylic acids is 1. The van der Waals surface area contributed by atoms with Crippen LogP contribution in [0.2, 0.25) is 0 Å². The Kier molecular flexibility index (Phi) is 7.80. The Hall–Kier alpha value is -2.15. The van der Waals surface area contributed by atoms with Crippen molar-refractivity contribution in [3.05, 3.63) is 76.9 Å². The van der Waals surface area contributed by atoms with Crippen molar-refractivity contribution in [3.8, 4) is 0 Å². The summed E-state index contributed by atoms with van der Waals surface area (Å²) in [6, 6.07) is 12.9. The molecule has 0 amide bonds. The molecule has 0 bridgehead atoms. The van der Waals surface area contributed by atoms with E-state index >= 15 is 0 Å². The van der Waals surface area contributed by atoms with Gasteiger partial charge < -0.3 is 4.74 Å². The lowest BCUT2D eigenvalue weighted by Crippen LogP contribution is -2.30. The summed E-state index contributed by atoms with van der Waals surface area (Å²) >= 11 is 6.12. The van der Waals surface area contributed by atoms with E-state index in [0.717, 1.165) is 11.1 Å². The summed E-state index contributed by atoms with van der Waals surface area (Å²) in [5, 5.41) is -0.690. The number of sulfonamides is 1. The van der Waals surface area contributed by atoms with Crippen molar-refractivity contribution < 1.29 is 17.9 Å². The van der Waals surface area contributed by atoms with Crippen LogP contribution in [0.15, 0.2) is 59.5 Å². The second kappa shape index (κ2) is 9.87. The lowest BCUT2D eigenvalue weighted by Gasteiger charge is -2.14. The summed E-state index contributed by atoms with van der Waals surface area (Å²) in [5.74, 6) is -0.539. The number of esters is 1. The molecule has 0 aliphatic carbocycles. The number of aryl methyl sites for hydroxylation is 3. The molecular weight excluding hydrogens is 398 g/mol. The average molecular weight is 422 g/mol. The van der Waals surface area contributed by atoms with Gasteiger partial charge in [0.2, 0.25) is 10.0 Å². The Balaban J connectivity index is 1.90. The highest BCUT2D eigenvalue weighted by atomic mass is 35.5. The molecule has 0 fully saturated rings. The van der Waals surface area contributed by atoms with E-state index < -0.39 is 21.4 Å². The zero-order valence-electron chi connectivity index (χ0n) is 16.1. The van der Waals surface area contributed by atoms with Gasteiger partial charge in [-0.2, -0.15) is 0 Å². The van der Waals surface area contributed by atoms with Crippen LogP contribution in [-0.4, -0.2) is 26.3 Å². The summed E-state index contributed by atoms with van der Waals surface area (Å²) in [6.45, 7) is 5.56. The second-order valence-corrected chi connectivity index (χ2v) is 8.81. The molecule has 2 aromatic carbocycles. The van der Waals surface area contributed by atoms with E-state index in [1.807, 2.05) is 49.4 Å². The van der Waals surface area contributed by atoms with Gasteiger partial charge in [0, 0.05) is 12.6 Å². The first-order valence-electron chi connectivity index (χ1n) is 8.79. The lowest BCUT2D eigenvalue weighted by molar-refractivity contribution is -0.139. The molecule has 0 heterocycles. The fourth-order valence-electron chi connectivity index (χ4n) is 2.88. The fourth-order valence-corrected chi connectivity index (χ4v) is 4.63. The quantitative estimate of drug-likeness (QED) is 0.399. The van der Waals surface area contributed by atoms with E-state index in [1.165, 1.54) is 12.2 Å². The predicted molar refractivity (Wildman–Crippen MR) is 111 cm³/mol. The minimum atomic E-state index is -3.70. The molecule has 150 valence electrons. The average Bonchev–Trinajstić information content (AvgIpc) is 2.63. The van der Waals surface area contributed by atoms with E-state index in [9.17, 15) is 13.2 Å². The lowest BCUT2D eigenvalue weighted by atomic mass is 10.1. The molecule has 0 spiro atoms. The molecule has 2 rings (SSSR count). The van der Waals surface area contributed by atoms with Crippen LogP contribution >= 0.6 is 11.6 Å². The number of benzene rings is 2. The number of halogens is 1.